The third-order valence-electron chi connectivity index (χ3n) is 2.56. The summed E-state index contributed by atoms with van der Waals surface area (Å²) in [6.07, 6.45) is 1.65. The van der Waals surface area contributed by atoms with E-state index in [1.54, 1.807) is 47.1 Å². The molecule has 2 aromatic rings. The van der Waals surface area contributed by atoms with E-state index < -0.39 is 0 Å². The van der Waals surface area contributed by atoms with E-state index in [0.717, 1.165) is 10.6 Å². The first kappa shape index (κ1) is 13.2. The van der Waals surface area contributed by atoms with E-state index >= 15 is 0 Å². The maximum absolute atomic E-state index is 12.2. The minimum absolute atomic E-state index is 0.0530. The van der Waals surface area contributed by atoms with Crippen LogP contribution in [0, 0.1) is 6.92 Å². The van der Waals surface area contributed by atoms with E-state index in [1.807, 2.05) is 6.92 Å². The van der Waals surface area contributed by atoms with Gasteiger partial charge in [-0.1, -0.05) is 0 Å². The van der Waals surface area contributed by atoms with Crippen molar-refractivity contribution in [1.29, 1.82) is 0 Å². The fourth-order valence-corrected chi connectivity index (χ4v) is 2.77. The van der Waals surface area contributed by atoms with Crippen molar-refractivity contribution in [2.75, 3.05) is 7.05 Å². The van der Waals surface area contributed by atoms with Crippen molar-refractivity contribution in [1.82, 2.24) is 14.9 Å². The largest absolute Gasteiger partial charge is 0.336 e. The zero-order chi connectivity index (χ0) is 13.1. The highest BCUT2D eigenvalue weighted by molar-refractivity contribution is 9.10. The predicted molar refractivity (Wildman–Crippen MR) is 74.6 cm³/mol. The molecular weight excluding hydrogens is 314 g/mol. The van der Waals surface area contributed by atoms with Crippen molar-refractivity contribution in [3.05, 3.63) is 44.6 Å². The minimum atomic E-state index is -0.0530. The molecule has 4 nitrogen and oxygen atoms in total. The molecule has 0 saturated carbocycles. The number of rotatable bonds is 3. The molecule has 0 aromatic carbocycles. The number of pyridine rings is 1. The Kier molecular flexibility index (Phi) is 4.08. The van der Waals surface area contributed by atoms with Gasteiger partial charge in [-0.15, -0.1) is 11.3 Å². The zero-order valence-corrected chi connectivity index (χ0v) is 12.5. The number of hydrogen-bond acceptors (Lipinski definition) is 4. The van der Waals surface area contributed by atoms with E-state index in [-0.39, 0.29) is 5.91 Å². The van der Waals surface area contributed by atoms with Crippen LogP contribution in [0.25, 0.3) is 0 Å². The van der Waals surface area contributed by atoms with Gasteiger partial charge in [-0.05, 0) is 35.0 Å². The van der Waals surface area contributed by atoms with Gasteiger partial charge in [0.1, 0.15) is 4.60 Å². The van der Waals surface area contributed by atoms with Crippen LogP contribution in [0.2, 0.25) is 0 Å². The molecule has 0 bridgehead atoms. The molecule has 18 heavy (non-hydrogen) atoms. The molecular formula is C12H12BrN3OS. The quantitative estimate of drug-likeness (QED) is 0.815. The first-order valence-electron chi connectivity index (χ1n) is 5.34. The molecule has 0 aliphatic heterocycles. The van der Waals surface area contributed by atoms with Crippen LogP contribution in [0.15, 0.2) is 28.4 Å². The van der Waals surface area contributed by atoms with Gasteiger partial charge in [0.15, 0.2) is 0 Å². The molecule has 0 spiro atoms. The first-order chi connectivity index (χ1) is 8.59. The molecule has 94 valence electrons. The zero-order valence-electron chi connectivity index (χ0n) is 10.1. The number of aryl methyl sites for hydroxylation is 1. The highest BCUT2D eigenvalue weighted by Gasteiger charge is 2.16. The van der Waals surface area contributed by atoms with E-state index in [1.165, 1.54) is 0 Å². The van der Waals surface area contributed by atoms with Gasteiger partial charge in [0.25, 0.3) is 5.91 Å². The van der Waals surface area contributed by atoms with Crippen molar-refractivity contribution in [2.45, 2.75) is 13.5 Å². The number of hydrogen-bond donors (Lipinski definition) is 0. The second kappa shape index (κ2) is 5.58. The van der Waals surface area contributed by atoms with Gasteiger partial charge in [0.05, 0.1) is 23.3 Å². The molecule has 0 radical (unpaired) electrons. The SMILES string of the molecule is Cc1ncsc1CN(C)C(=O)c1cccnc1Br. The van der Waals surface area contributed by atoms with Crippen molar-refractivity contribution >= 4 is 33.2 Å². The molecule has 2 heterocycles. The molecule has 0 atom stereocenters. The Morgan fingerprint density at radius 2 is 2.28 bits per heavy atom. The van der Waals surface area contributed by atoms with Gasteiger partial charge in [0.2, 0.25) is 0 Å². The van der Waals surface area contributed by atoms with Crippen molar-refractivity contribution in [3.8, 4) is 0 Å². The van der Waals surface area contributed by atoms with Crippen LogP contribution >= 0.6 is 27.3 Å². The van der Waals surface area contributed by atoms with E-state index in [0.29, 0.717) is 16.7 Å². The lowest BCUT2D eigenvalue weighted by Gasteiger charge is -2.17. The van der Waals surface area contributed by atoms with Crippen molar-refractivity contribution < 1.29 is 4.79 Å². The lowest BCUT2D eigenvalue weighted by atomic mass is 10.2. The Balaban J connectivity index is 2.15. The number of amides is 1. The number of carbonyl (C=O) groups is 1. The molecule has 6 heteroatoms. The molecule has 0 saturated heterocycles. The molecule has 0 N–H and O–H groups in total. The summed E-state index contributed by atoms with van der Waals surface area (Å²) < 4.78 is 0.572. The number of nitrogens with zero attached hydrogens (tertiary/aromatic N) is 3. The first-order valence-corrected chi connectivity index (χ1v) is 7.02. The van der Waals surface area contributed by atoms with Crippen LogP contribution < -0.4 is 0 Å². The van der Waals surface area contributed by atoms with Crippen LogP contribution in [-0.4, -0.2) is 27.8 Å². The Bertz CT molecular complexity index is 570. The number of aromatic nitrogens is 2. The molecule has 1 amide bonds. The highest BCUT2D eigenvalue weighted by Crippen LogP contribution is 2.18. The lowest BCUT2D eigenvalue weighted by molar-refractivity contribution is 0.0785. The van der Waals surface area contributed by atoms with Crippen molar-refractivity contribution in [2.24, 2.45) is 0 Å². The smallest absolute Gasteiger partial charge is 0.256 e. The molecule has 0 aliphatic rings. The van der Waals surface area contributed by atoms with Crippen LogP contribution in [0.3, 0.4) is 0 Å². The summed E-state index contributed by atoms with van der Waals surface area (Å²) in [5, 5.41) is 0. The Labute approximate surface area is 118 Å². The standard InChI is InChI=1S/C12H12BrN3OS/c1-8-10(18-7-15-8)6-16(2)12(17)9-4-3-5-14-11(9)13/h3-5,7H,6H2,1-2H3. The van der Waals surface area contributed by atoms with E-state index in [2.05, 4.69) is 25.9 Å². The fraction of sp³-hybridized carbons (Fsp3) is 0.250. The summed E-state index contributed by atoms with van der Waals surface area (Å²) in [6, 6.07) is 3.51. The van der Waals surface area contributed by atoms with E-state index in [4.69, 9.17) is 0 Å². The van der Waals surface area contributed by atoms with Gasteiger partial charge >= 0.3 is 0 Å². The molecule has 2 aromatic heterocycles. The second-order valence-corrected chi connectivity index (χ2v) is 5.55. The summed E-state index contributed by atoms with van der Waals surface area (Å²) in [5.74, 6) is -0.0530. The maximum Gasteiger partial charge on any atom is 0.256 e. The molecule has 0 aliphatic carbocycles. The Hall–Kier alpha value is -1.27. The normalized spacial score (nSPS) is 10.4. The number of carbonyl (C=O) groups excluding carboxylic acids is 1. The fourth-order valence-electron chi connectivity index (χ4n) is 1.52. The van der Waals surface area contributed by atoms with Crippen LogP contribution in [-0.2, 0) is 6.54 Å². The Morgan fingerprint density at radius 1 is 1.50 bits per heavy atom. The summed E-state index contributed by atoms with van der Waals surface area (Å²) in [4.78, 5) is 23.2. The van der Waals surface area contributed by atoms with Gasteiger partial charge in [-0.25, -0.2) is 9.97 Å². The van der Waals surface area contributed by atoms with Crippen LogP contribution in [0.5, 0.6) is 0 Å². The summed E-state index contributed by atoms with van der Waals surface area (Å²) >= 11 is 4.85. The van der Waals surface area contributed by atoms with Crippen LogP contribution in [0.1, 0.15) is 20.9 Å². The number of halogens is 1. The molecule has 0 fully saturated rings. The highest BCUT2D eigenvalue weighted by atomic mass is 79.9. The Morgan fingerprint density at radius 3 is 2.89 bits per heavy atom. The number of thiazole rings is 1. The summed E-state index contributed by atoms with van der Waals surface area (Å²) in [6.45, 7) is 2.51. The second-order valence-electron chi connectivity index (χ2n) is 3.86. The van der Waals surface area contributed by atoms with Crippen LogP contribution in [0.4, 0.5) is 0 Å². The third kappa shape index (κ3) is 2.76. The van der Waals surface area contributed by atoms with Gasteiger partial charge in [0, 0.05) is 18.1 Å². The predicted octanol–water partition coefficient (Wildman–Crippen LogP) is 2.88. The average molecular weight is 326 g/mol. The minimum Gasteiger partial charge on any atom is -0.336 e. The van der Waals surface area contributed by atoms with Crippen molar-refractivity contribution in [3.63, 3.8) is 0 Å². The molecule has 2 rings (SSSR count). The van der Waals surface area contributed by atoms with Gasteiger partial charge in [-0.2, -0.15) is 0 Å². The topological polar surface area (TPSA) is 46.1 Å². The van der Waals surface area contributed by atoms with Gasteiger partial charge < -0.3 is 4.90 Å². The molecule has 0 unspecified atom stereocenters. The maximum atomic E-state index is 12.2. The lowest BCUT2D eigenvalue weighted by Crippen LogP contribution is -2.26. The average Bonchev–Trinajstić information content (AvgIpc) is 2.75. The third-order valence-corrected chi connectivity index (χ3v) is 4.11. The summed E-state index contributed by atoms with van der Waals surface area (Å²) in [7, 11) is 1.78. The van der Waals surface area contributed by atoms with E-state index in [9.17, 15) is 4.79 Å². The monoisotopic (exact) mass is 325 g/mol. The summed E-state index contributed by atoms with van der Waals surface area (Å²) in [5.41, 5.74) is 3.34. The van der Waals surface area contributed by atoms with Gasteiger partial charge in [-0.3, -0.25) is 4.79 Å².